The van der Waals surface area contributed by atoms with Crippen LogP contribution < -0.4 is 21.3 Å². The van der Waals surface area contributed by atoms with Crippen molar-refractivity contribution in [3.63, 3.8) is 0 Å². The topological polar surface area (TPSA) is 183 Å². The minimum atomic E-state index is -1.20. The minimum absolute atomic E-state index is 0.00629. The number of nitrogens with zero attached hydrogens (tertiary/aromatic N) is 2. The first kappa shape index (κ1) is 42.9. The van der Waals surface area contributed by atoms with E-state index in [0.717, 1.165) is 0 Å². The fraction of sp³-hybridized carbons (Fsp3) is 0.667. The monoisotopic (exact) mass is 740 g/mol. The van der Waals surface area contributed by atoms with Crippen molar-refractivity contribution in [2.45, 2.75) is 118 Å². The van der Waals surface area contributed by atoms with Crippen LogP contribution in [-0.2, 0) is 33.5 Å². The Morgan fingerprint density at radius 2 is 1.57 bits per heavy atom. The van der Waals surface area contributed by atoms with E-state index >= 15 is 0 Å². The van der Waals surface area contributed by atoms with Crippen LogP contribution >= 0.6 is 0 Å². The van der Waals surface area contributed by atoms with Gasteiger partial charge in [0.25, 0.3) is 5.91 Å². The van der Waals surface area contributed by atoms with Crippen LogP contribution in [0, 0.1) is 22.7 Å². The lowest BCUT2D eigenvalue weighted by atomic mass is 9.85. The molecule has 1 unspecified atom stereocenters. The summed E-state index contributed by atoms with van der Waals surface area (Å²) in [6.45, 7) is 16.3. The van der Waals surface area contributed by atoms with Crippen molar-refractivity contribution in [1.82, 2.24) is 31.1 Å². The average molecular weight is 741 g/mol. The third kappa shape index (κ3) is 11.3. The van der Waals surface area contributed by atoms with Gasteiger partial charge >= 0.3 is 6.09 Å². The Bertz CT molecular complexity index is 1530. The van der Waals surface area contributed by atoms with Crippen molar-refractivity contribution in [2.75, 3.05) is 27.2 Å². The highest BCUT2D eigenvalue weighted by molar-refractivity contribution is 6.38. The SMILES string of the molecule is CCCCC(NC(=O)[C@@H]1[C@@H]2[C@H](CN1C(=O)[C@@H](NC(=O)OC(C)(C)C)C(C)(C)C)C2(C)C)C(=O)C(=O)NCC(=O)N[C@@H](CC(=O)N(C)C)c1ccccc1. The molecule has 294 valence electrons. The van der Waals surface area contributed by atoms with E-state index in [2.05, 4.69) is 21.3 Å². The third-order valence-electron chi connectivity index (χ3n) is 10.1. The van der Waals surface area contributed by atoms with E-state index in [0.29, 0.717) is 24.9 Å². The molecule has 1 aliphatic heterocycles. The van der Waals surface area contributed by atoms with Crippen molar-refractivity contribution in [3.8, 4) is 0 Å². The summed E-state index contributed by atoms with van der Waals surface area (Å²) in [5.41, 5.74) is -1.05. The minimum Gasteiger partial charge on any atom is -0.444 e. The molecule has 6 atom stereocenters. The molecule has 1 aromatic carbocycles. The smallest absolute Gasteiger partial charge is 0.408 e. The summed E-state index contributed by atoms with van der Waals surface area (Å²) in [6, 6.07) is 5.15. The Morgan fingerprint density at radius 1 is 0.943 bits per heavy atom. The lowest BCUT2D eigenvalue weighted by Crippen LogP contribution is -2.60. The Kier molecular flexibility index (Phi) is 13.9. The lowest BCUT2D eigenvalue weighted by Gasteiger charge is -2.38. The molecule has 1 saturated heterocycles. The van der Waals surface area contributed by atoms with E-state index in [4.69, 9.17) is 4.74 Å². The number of hydrogen-bond donors (Lipinski definition) is 4. The second-order valence-electron chi connectivity index (χ2n) is 17.1. The van der Waals surface area contributed by atoms with Crippen molar-refractivity contribution >= 4 is 41.4 Å². The molecule has 2 aliphatic rings. The van der Waals surface area contributed by atoms with Crippen LogP contribution in [0.25, 0.3) is 0 Å². The van der Waals surface area contributed by atoms with Gasteiger partial charge in [0, 0.05) is 20.6 Å². The van der Waals surface area contributed by atoms with Gasteiger partial charge in [0.15, 0.2) is 0 Å². The van der Waals surface area contributed by atoms with Crippen molar-refractivity contribution in [2.24, 2.45) is 22.7 Å². The van der Waals surface area contributed by atoms with Crippen LogP contribution in [0.15, 0.2) is 30.3 Å². The van der Waals surface area contributed by atoms with Gasteiger partial charge in [-0.3, -0.25) is 28.8 Å². The third-order valence-corrected chi connectivity index (χ3v) is 10.1. The van der Waals surface area contributed by atoms with E-state index in [1.165, 1.54) is 9.80 Å². The van der Waals surface area contributed by atoms with E-state index in [1.54, 1.807) is 59.1 Å². The van der Waals surface area contributed by atoms with E-state index in [-0.39, 0.29) is 36.0 Å². The molecular formula is C39H60N6O8. The average Bonchev–Trinajstić information content (AvgIpc) is 3.36. The quantitative estimate of drug-likeness (QED) is 0.198. The van der Waals surface area contributed by atoms with Crippen LogP contribution in [0.2, 0.25) is 0 Å². The number of alkyl carbamates (subject to hydrolysis) is 1. The molecule has 0 aromatic heterocycles. The molecule has 1 saturated carbocycles. The maximum absolute atomic E-state index is 14.2. The number of unbranched alkanes of at least 4 members (excludes halogenated alkanes) is 1. The number of piperidine rings is 1. The number of likely N-dealkylation sites (tertiary alicyclic amines) is 1. The summed E-state index contributed by atoms with van der Waals surface area (Å²) < 4.78 is 5.43. The van der Waals surface area contributed by atoms with Gasteiger partial charge in [-0.05, 0) is 55.4 Å². The van der Waals surface area contributed by atoms with Gasteiger partial charge < -0.3 is 35.8 Å². The molecule has 1 heterocycles. The molecule has 1 aliphatic carbocycles. The van der Waals surface area contributed by atoms with Gasteiger partial charge in [0.05, 0.1) is 25.0 Å². The summed E-state index contributed by atoms with van der Waals surface area (Å²) in [5.74, 6) is -3.91. The Hall–Kier alpha value is -4.49. The first-order valence-electron chi connectivity index (χ1n) is 18.5. The highest BCUT2D eigenvalue weighted by Crippen LogP contribution is 2.65. The van der Waals surface area contributed by atoms with Gasteiger partial charge in [-0.2, -0.15) is 0 Å². The summed E-state index contributed by atoms with van der Waals surface area (Å²) in [6.07, 6.45) is 0.630. The maximum Gasteiger partial charge on any atom is 0.408 e. The number of Topliss-reactive ketones (excluding diaryl/α,β-unsaturated/α-hetero) is 1. The van der Waals surface area contributed by atoms with Crippen LogP contribution in [0.5, 0.6) is 0 Å². The van der Waals surface area contributed by atoms with Crippen molar-refractivity contribution in [3.05, 3.63) is 35.9 Å². The number of fused-ring (bicyclic) bond motifs is 1. The van der Waals surface area contributed by atoms with Crippen molar-refractivity contribution in [1.29, 1.82) is 0 Å². The zero-order valence-electron chi connectivity index (χ0n) is 33.3. The second kappa shape index (κ2) is 17.1. The zero-order valence-corrected chi connectivity index (χ0v) is 33.3. The molecule has 14 heteroatoms. The van der Waals surface area contributed by atoms with Gasteiger partial charge in [-0.25, -0.2) is 4.79 Å². The standard InChI is InChI=1S/C39H60N6O8/c1-12-13-19-25(31(48)34(50)40-21-27(46)41-26(20-28(47)44(10)11)23-17-15-14-16-18-23)42-33(49)30-29-24(39(29,8)9)22-45(30)35(51)32(37(2,3)4)43-36(52)53-38(5,6)7/h14-18,24-26,29-30,32H,12-13,19-22H2,1-11H3,(H,40,50)(H,41,46)(H,42,49)(H,43,52)/t24-,25?,26-,29-,30-,32+/m0/s1. The molecule has 3 rings (SSSR count). The molecule has 6 amide bonds. The van der Waals surface area contributed by atoms with Crippen LogP contribution in [0.4, 0.5) is 4.79 Å². The first-order valence-corrected chi connectivity index (χ1v) is 18.5. The highest BCUT2D eigenvalue weighted by atomic mass is 16.6. The number of ketones is 1. The number of ether oxygens (including phenoxy) is 1. The maximum atomic E-state index is 14.2. The first-order chi connectivity index (χ1) is 24.5. The molecule has 0 radical (unpaired) electrons. The van der Waals surface area contributed by atoms with Crippen LogP contribution in [0.3, 0.4) is 0 Å². The highest BCUT2D eigenvalue weighted by Gasteiger charge is 2.70. The molecule has 1 aromatic rings. The number of rotatable bonds is 15. The molecule has 0 spiro atoms. The zero-order chi connectivity index (χ0) is 40.1. The molecule has 2 fully saturated rings. The van der Waals surface area contributed by atoms with Gasteiger partial charge in [-0.1, -0.05) is 84.7 Å². The number of carbonyl (C=O) groups is 7. The van der Waals surface area contributed by atoms with Gasteiger partial charge in [-0.15, -0.1) is 0 Å². The predicted octanol–water partition coefficient (Wildman–Crippen LogP) is 3.10. The summed E-state index contributed by atoms with van der Waals surface area (Å²) in [7, 11) is 3.23. The van der Waals surface area contributed by atoms with Gasteiger partial charge in [0.2, 0.25) is 29.4 Å². The van der Waals surface area contributed by atoms with E-state index in [1.807, 2.05) is 47.6 Å². The Balaban J connectivity index is 1.75. The number of nitrogens with one attached hydrogen (secondary N) is 4. The van der Waals surface area contributed by atoms with E-state index < -0.39 is 77.2 Å². The number of carbonyl (C=O) groups excluding carboxylic acids is 7. The number of amides is 6. The molecule has 4 N–H and O–H groups in total. The molecule has 14 nitrogen and oxygen atoms in total. The van der Waals surface area contributed by atoms with Crippen molar-refractivity contribution < 1.29 is 38.3 Å². The summed E-state index contributed by atoms with van der Waals surface area (Å²) >= 11 is 0. The Labute approximate surface area is 313 Å². The second-order valence-corrected chi connectivity index (χ2v) is 17.1. The largest absolute Gasteiger partial charge is 0.444 e. The fourth-order valence-electron chi connectivity index (χ4n) is 6.93. The van der Waals surface area contributed by atoms with Gasteiger partial charge in [0.1, 0.15) is 17.7 Å². The van der Waals surface area contributed by atoms with E-state index in [9.17, 15) is 33.6 Å². The molecule has 53 heavy (non-hydrogen) atoms. The molecule has 0 bridgehead atoms. The number of benzene rings is 1. The fourth-order valence-corrected chi connectivity index (χ4v) is 6.93. The number of hydrogen-bond acceptors (Lipinski definition) is 8. The van der Waals surface area contributed by atoms with Crippen LogP contribution in [0.1, 0.15) is 99.6 Å². The normalized spacial score (nSPS) is 20.5. The van der Waals surface area contributed by atoms with Crippen LogP contribution in [-0.4, -0.2) is 102 Å². The predicted molar refractivity (Wildman–Crippen MR) is 199 cm³/mol. The summed E-state index contributed by atoms with van der Waals surface area (Å²) in [5, 5.41) is 10.6. The summed E-state index contributed by atoms with van der Waals surface area (Å²) in [4.78, 5) is 96.1. The molecular weight excluding hydrogens is 680 g/mol. The lowest BCUT2D eigenvalue weighted by molar-refractivity contribution is -0.145. The Morgan fingerprint density at radius 3 is 2.11 bits per heavy atom.